The summed E-state index contributed by atoms with van der Waals surface area (Å²) in [5.74, 6) is 0.510. The van der Waals surface area contributed by atoms with E-state index in [1.165, 1.54) is 22.8 Å². The maximum Gasteiger partial charge on any atom is 0.357 e. The van der Waals surface area contributed by atoms with Crippen LogP contribution in [-0.4, -0.2) is 37.1 Å². The van der Waals surface area contributed by atoms with E-state index in [0.717, 1.165) is 45.1 Å². The Kier molecular flexibility index (Phi) is 4.99. The van der Waals surface area contributed by atoms with Crippen molar-refractivity contribution in [1.29, 1.82) is 0 Å². The number of aromatic nitrogens is 5. The number of carbonyl (C=O) groups excluding carboxylic acids is 1. The van der Waals surface area contributed by atoms with Crippen LogP contribution in [0.5, 0.6) is 0 Å². The van der Waals surface area contributed by atoms with Crippen molar-refractivity contribution >= 4 is 16.9 Å². The highest BCUT2D eigenvalue weighted by Gasteiger charge is 2.28. The van der Waals surface area contributed by atoms with Crippen LogP contribution >= 0.6 is 0 Å². The van der Waals surface area contributed by atoms with Gasteiger partial charge in [0.25, 0.3) is 0 Å². The third kappa shape index (κ3) is 3.43. The maximum absolute atomic E-state index is 12.8. The molecule has 7 nitrogen and oxygen atoms in total. The number of imidazole rings is 1. The Morgan fingerprint density at radius 3 is 2.80 bits per heavy atom. The molecule has 6 rings (SSSR count). The highest BCUT2D eigenvalue weighted by molar-refractivity contribution is 5.92. The molecule has 0 unspecified atom stereocenters. The molecule has 0 aliphatic carbocycles. The van der Waals surface area contributed by atoms with E-state index in [1.807, 2.05) is 12.3 Å². The largest absolute Gasteiger partial charge is 0.461 e. The van der Waals surface area contributed by atoms with E-state index in [-0.39, 0.29) is 0 Å². The SMILES string of the molecule is CCOC(=O)c1ncnc2c1Cc1cnc(Cc3c[nH]c4ccccc34)n1-c1cc(C)c(C)cc1-2. The fourth-order valence-electron chi connectivity index (χ4n) is 4.97. The van der Waals surface area contributed by atoms with Crippen LogP contribution in [0.4, 0.5) is 0 Å². The van der Waals surface area contributed by atoms with Gasteiger partial charge >= 0.3 is 5.97 Å². The summed E-state index contributed by atoms with van der Waals surface area (Å²) >= 11 is 0. The van der Waals surface area contributed by atoms with Gasteiger partial charge < -0.3 is 9.72 Å². The fraction of sp³-hybridized carbons (Fsp3) is 0.214. The van der Waals surface area contributed by atoms with Gasteiger partial charge in [-0.1, -0.05) is 18.2 Å². The normalized spacial score (nSPS) is 12.1. The topological polar surface area (TPSA) is 85.7 Å². The third-order valence-corrected chi connectivity index (χ3v) is 6.81. The zero-order chi connectivity index (χ0) is 24.1. The van der Waals surface area contributed by atoms with Crippen molar-refractivity contribution in [2.45, 2.75) is 33.6 Å². The summed E-state index contributed by atoms with van der Waals surface area (Å²) in [5, 5.41) is 1.19. The molecule has 0 atom stereocenters. The molecule has 2 aromatic carbocycles. The molecule has 0 saturated heterocycles. The predicted molar refractivity (Wildman–Crippen MR) is 134 cm³/mol. The smallest absolute Gasteiger partial charge is 0.357 e. The van der Waals surface area contributed by atoms with Crippen LogP contribution in [0.25, 0.3) is 27.8 Å². The number of hydrogen-bond acceptors (Lipinski definition) is 5. The highest BCUT2D eigenvalue weighted by atomic mass is 16.5. The number of rotatable bonds is 4. The number of aromatic amines is 1. The summed E-state index contributed by atoms with van der Waals surface area (Å²) < 4.78 is 7.54. The summed E-state index contributed by atoms with van der Waals surface area (Å²) in [6.07, 6.45) is 6.57. The van der Waals surface area contributed by atoms with Crippen molar-refractivity contribution in [2.75, 3.05) is 6.61 Å². The maximum atomic E-state index is 12.8. The molecule has 0 amide bonds. The molecular weight excluding hydrogens is 438 g/mol. The lowest BCUT2D eigenvalue weighted by Gasteiger charge is -2.16. The van der Waals surface area contributed by atoms with Crippen LogP contribution in [0, 0.1) is 13.8 Å². The first-order valence-electron chi connectivity index (χ1n) is 11.8. The number of esters is 1. The summed E-state index contributed by atoms with van der Waals surface area (Å²) in [5.41, 5.74) is 9.47. The third-order valence-electron chi connectivity index (χ3n) is 6.81. The molecule has 1 aliphatic heterocycles. The van der Waals surface area contributed by atoms with Crippen molar-refractivity contribution in [2.24, 2.45) is 0 Å². The molecule has 0 bridgehead atoms. The summed E-state index contributed by atoms with van der Waals surface area (Å²) in [4.78, 5) is 30.0. The number of ether oxygens (including phenoxy) is 1. The van der Waals surface area contributed by atoms with Crippen molar-refractivity contribution < 1.29 is 9.53 Å². The zero-order valence-electron chi connectivity index (χ0n) is 19.9. The van der Waals surface area contributed by atoms with Crippen molar-refractivity contribution in [3.63, 3.8) is 0 Å². The number of benzene rings is 2. The van der Waals surface area contributed by atoms with Gasteiger partial charge in [-0.15, -0.1) is 0 Å². The first-order valence-corrected chi connectivity index (χ1v) is 11.8. The van der Waals surface area contributed by atoms with Crippen LogP contribution < -0.4 is 0 Å². The molecule has 35 heavy (non-hydrogen) atoms. The minimum absolute atomic E-state index is 0.291. The van der Waals surface area contributed by atoms with Gasteiger partial charge in [-0.05, 0) is 55.7 Å². The second kappa shape index (κ2) is 8.20. The van der Waals surface area contributed by atoms with Crippen molar-refractivity contribution in [3.05, 3.63) is 94.6 Å². The average molecular weight is 464 g/mol. The van der Waals surface area contributed by atoms with Gasteiger partial charge in [-0.2, -0.15) is 0 Å². The van der Waals surface area contributed by atoms with Gasteiger partial charge in [-0.25, -0.2) is 19.7 Å². The lowest BCUT2D eigenvalue weighted by molar-refractivity contribution is 0.0518. The molecule has 0 saturated carbocycles. The van der Waals surface area contributed by atoms with Crippen molar-refractivity contribution in [1.82, 2.24) is 24.5 Å². The summed E-state index contributed by atoms with van der Waals surface area (Å²) in [7, 11) is 0. The van der Waals surface area contributed by atoms with E-state index in [4.69, 9.17) is 9.72 Å². The monoisotopic (exact) mass is 463 g/mol. The number of carbonyl (C=O) groups is 1. The van der Waals surface area contributed by atoms with Crippen LogP contribution in [0.3, 0.4) is 0 Å². The van der Waals surface area contributed by atoms with Gasteiger partial charge in [0.05, 0.1) is 18.0 Å². The van der Waals surface area contributed by atoms with Crippen molar-refractivity contribution in [3.8, 4) is 16.9 Å². The Morgan fingerprint density at radius 1 is 1.11 bits per heavy atom. The lowest BCUT2D eigenvalue weighted by atomic mass is 9.97. The minimum atomic E-state index is -0.427. The Hall–Kier alpha value is -4.26. The van der Waals surface area contributed by atoms with Crippen LogP contribution in [0.2, 0.25) is 0 Å². The Morgan fingerprint density at radius 2 is 1.94 bits per heavy atom. The van der Waals surface area contributed by atoms with E-state index in [0.29, 0.717) is 25.1 Å². The quantitative estimate of drug-likeness (QED) is 0.368. The molecule has 7 heteroatoms. The number of nitrogens with zero attached hydrogens (tertiary/aromatic N) is 4. The number of nitrogens with one attached hydrogen (secondary N) is 1. The van der Waals surface area contributed by atoms with Gasteiger partial charge in [0.1, 0.15) is 12.2 Å². The number of para-hydroxylation sites is 1. The number of hydrogen-bond donors (Lipinski definition) is 1. The van der Waals surface area contributed by atoms with Gasteiger partial charge in [0.15, 0.2) is 5.69 Å². The number of aryl methyl sites for hydroxylation is 2. The predicted octanol–water partition coefficient (Wildman–Crippen LogP) is 5.10. The minimum Gasteiger partial charge on any atom is -0.461 e. The van der Waals surface area contributed by atoms with E-state index >= 15 is 0 Å². The van der Waals surface area contributed by atoms with Gasteiger partial charge in [-0.3, -0.25) is 4.57 Å². The zero-order valence-corrected chi connectivity index (χ0v) is 19.9. The summed E-state index contributed by atoms with van der Waals surface area (Å²) in [6.45, 7) is 6.29. The van der Waals surface area contributed by atoms with Crippen LogP contribution in [-0.2, 0) is 17.6 Å². The second-order valence-electron chi connectivity index (χ2n) is 8.94. The Labute approximate surface area is 202 Å². The van der Waals surface area contributed by atoms with Gasteiger partial charge in [0.2, 0.25) is 0 Å². The Balaban J connectivity index is 1.56. The molecular formula is C28H25N5O2. The van der Waals surface area contributed by atoms with E-state index < -0.39 is 5.97 Å². The molecule has 1 aliphatic rings. The number of fused-ring (bicyclic) bond motifs is 6. The number of H-pyrrole nitrogens is 1. The molecule has 4 heterocycles. The van der Waals surface area contributed by atoms with E-state index in [1.54, 1.807) is 6.92 Å². The molecule has 0 spiro atoms. The fourth-order valence-corrected chi connectivity index (χ4v) is 4.97. The standard InChI is InChI=1S/C28H25N5O2/c1-4-35-28(34)27-22-12-19-14-30-25(11-18-13-29-23-8-6-5-7-20(18)23)33(19)24-10-17(3)16(2)9-21(24)26(22)31-15-32-27/h5-10,13-15,29H,4,11-12H2,1-3H3. The molecule has 3 aromatic heterocycles. The van der Waals surface area contributed by atoms with Crippen LogP contribution in [0.15, 0.2) is 55.1 Å². The summed E-state index contributed by atoms with van der Waals surface area (Å²) in [6, 6.07) is 12.6. The second-order valence-corrected chi connectivity index (χ2v) is 8.94. The van der Waals surface area contributed by atoms with E-state index in [9.17, 15) is 4.79 Å². The molecule has 5 aromatic rings. The molecule has 1 N–H and O–H groups in total. The first-order chi connectivity index (χ1) is 17.0. The lowest BCUT2D eigenvalue weighted by Crippen LogP contribution is -2.13. The molecule has 0 fully saturated rings. The van der Waals surface area contributed by atoms with Gasteiger partial charge in [0, 0.05) is 53.0 Å². The molecule has 174 valence electrons. The Bertz CT molecular complexity index is 1610. The van der Waals surface area contributed by atoms with Crippen LogP contribution in [0.1, 0.15) is 51.2 Å². The average Bonchev–Trinajstić information content (AvgIpc) is 3.42. The highest BCUT2D eigenvalue weighted by Crippen LogP contribution is 2.38. The molecule has 0 radical (unpaired) electrons. The first kappa shape index (κ1) is 21.3. The van der Waals surface area contributed by atoms with E-state index in [2.05, 4.69) is 69.9 Å².